The van der Waals surface area contributed by atoms with E-state index in [4.69, 9.17) is 0 Å². The summed E-state index contributed by atoms with van der Waals surface area (Å²) in [7, 11) is 0. The van der Waals surface area contributed by atoms with Crippen LogP contribution in [0.1, 0.15) is 22.6 Å². The number of hydrogen-bond donors (Lipinski definition) is 0. The van der Waals surface area contributed by atoms with Crippen molar-refractivity contribution in [2.24, 2.45) is 0 Å². The van der Waals surface area contributed by atoms with Gasteiger partial charge in [-0.25, -0.2) is 0 Å². The van der Waals surface area contributed by atoms with Gasteiger partial charge in [-0.3, -0.25) is 0 Å². The highest BCUT2D eigenvalue weighted by molar-refractivity contribution is 9.10. The first-order valence-electron chi connectivity index (χ1n) is 6.78. The lowest BCUT2D eigenvalue weighted by atomic mass is 9.91. The fraction of sp³-hybridized carbons (Fsp3) is 0.0526. The number of allylic oxidation sites excluding steroid dienone is 1. The van der Waals surface area contributed by atoms with Crippen LogP contribution in [0.5, 0.6) is 0 Å². The Morgan fingerprint density at radius 3 is 2.55 bits per heavy atom. The Hall–Kier alpha value is -1.86. The molecule has 0 saturated heterocycles. The summed E-state index contributed by atoms with van der Waals surface area (Å²) in [5.74, 6) is 0.368. The van der Waals surface area contributed by atoms with Gasteiger partial charge >= 0.3 is 0 Å². The second-order valence-electron chi connectivity index (χ2n) is 5.19. The minimum absolute atomic E-state index is 0.368. The summed E-state index contributed by atoms with van der Waals surface area (Å²) in [5.41, 5.74) is 4.05. The van der Waals surface area contributed by atoms with Gasteiger partial charge in [-0.05, 0) is 33.5 Å². The maximum absolute atomic E-state index is 3.64. The standard InChI is InChI=1S/C19H13Br/c20-19-7-3-6-17-16(10-11-18(17)19)15-9-8-13-4-1-2-5-14(13)12-15/h1-12,16H. The first kappa shape index (κ1) is 11.9. The molecule has 1 unspecified atom stereocenters. The molecule has 0 N–H and O–H groups in total. The summed E-state index contributed by atoms with van der Waals surface area (Å²) in [6.45, 7) is 0. The lowest BCUT2D eigenvalue weighted by Gasteiger charge is -2.13. The van der Waals surface area contributed by atoms with Gasteiger partial charge in [0.15, 0.2) is 0 Å². The van der Waals surface area contributed by atoms with Gasteiger partial charge in [0, 0.05) is 10.4 Å². The molecular formula is C19H13Br. The molecule has 1 heteroatoms. The second-order valence-corrected chi connectivity index (χ2v) is 6.04. The van der Waals surface area contributed by atoms with Crippen molar-refractivity contribution in [1.29, 1.82) is 0 Å². The van der Waals surface area contributed by atoms with E-state index in [-0.39, 0.29) is 0 Å². The third-order valence-electron chi connectivity index (χ3n) is 4.01. The van der Waals surface area contributed by atoms with E-state index in [1.165, 1.54) is 31.9 Å². The minimum Gasteiger partial charge on any atom is -0.0720 e. The molecule has 1 atom stereocenters. The van der Waals surface area contributed by atoms with Gasteiger partial charge in [0.1, 0.15) is 0 Å². The third kappa shape index (κ3) is 1.82. The maximum Gasteiger partial charge on any atom is 0.0279 e. The summed E-state index contributed by atoms with van der Waals surface area (Å²) in [4.78, 5) is 0. The van der Waals surface area contributed by atoms with Crippen LogP contribution in [0.15, 0.2) is 71.2 Å². The molecule has 20 heavy (non-hydrogen) atoms. The Morgan fingerprint density at radius 2 is 1.65 bits per heavy atom. The average molecular weight is 321 g/mol. The van der Waals surface area contributed by atoms with Crippen molar-refractivity contribution >= 4 is 32.8 Å². The zero-order valence-corrected chi connectivity index (χ0v) is 12.5. The van der Waals surface area contributed by atoms with Crippen LogP contribution in [0, 0.1) is 0 Å². The van der Waals surface area contributed by atoms with Crippen molar-refractivity contribution in [3.8, 4) is 0 Å². The lowest BCUT2D eigenvalue weighted by Crippen LogP contribution is -1.96. The molecule has 3 aromatic carbocycles. The highest BCUT2D eigenvalue weighted by Gasteiger charge is 2.20. The van der Waals surface area contributed by atoms with Crippen LogP contribution in [0.2, 0.25) is 0 Å². The molecule has 96 valence electrons. The molecule has 0 saturated carbocycles. The summed E-state index contributed by atoms with van der Waals surface area (Å²) in [6.07, 6.45) is 4.51. The Kier molecular flexibility index (Phi) is 2.75. The van der Waals surface area contributed by atoms with Crippen LogP contribution in [0.25, 0.3) is 16.8 Å². The van der Waals surface area contributed by atoms with E-state index < -0.39 is 0 Å². The van der Waals surface area contributed by atoms with E-state index in [1.807, 2.05) is 0 Å². The molecular weight excluding hydrogens is 308 g/mol. The molecule has 0 fully saturated rings. The third-order valence-corrected chi connectivity index (χ3v) is 4.70. The second kappa shape index (κ2) is 4.60. The van der Waals surface area contributed by atoms with E-state index in [0.717, 1.165) is 0 Å². The van der Waals surface area contributed by atoms with Gasteiger partial charge < -0.3 is 0 Å². The fourth-order valence-corrected chi connectivity index (χ4v) is 3.50. The quantitative estimate of drug-likeness (QED) is 0.534. The smallest absolute Gasteiger partial charge is 0.0279 e. The van der Waals surface area contributed by atoms with E-state index in [9.17, 15) is 0 Å². The first-order chi connectivity index (χ1) is 9.83. The Balaban J connectivity index is 1.86. The van der Waals surface area contributed by atoms with Crippen molar-refractivity contribution in [3.63, 3.8) is 0 Å². The lowest BCUT2D eigenvalue weighted by molar-refractivity contribution is 1.05. The zero-order chi connectivity index (χ0) is 13.5. The van der Waals surface area contributed by atoms with Crippen LogP contribution in [0.4, 0.5) is 0 Å². The normalized spacial score (nSPS) is 16.6. The van der Waals surface area contributed by atoms with Crippen molar-refractivity contribution in [3.05, 3.63) is 87.9 Å². The van der Waals surface area contributed by atoms with Gasteiger partial charge in [-0.15, -0.1) is 0 Å². The van der Waals surface area contributed by atoms with Crippen molar-refractivity contribution < 1.29 is 0 Å². The predicted octanol–water partition coefficient (Wildman–Crippen LogP) is 5.76. The van der Waals surface area contributed by atoms with Crippen molar-refractivity contribution in [1.82, 2.24) is 0 Å². The molecule has 0 aliphatic heterocycles. The minimum atomic E-state index is 0.368. The molecule has 0 radical (unpaired) electrons. The molecule has 0 bridgehead atoms. The topological polar surface area (TPSA) is 0 Å². The zero-order valence-electron chi connectivity index (χ0n) is 10.9. The van der Waals surface area contributed by atoms with Crippen LogP contribution >= 0.6 is 15.9 Å². The Bertz CT molecular complexity index is 830. The Morgan fingerprint density at radius 1 is 0.800 bits per heavy atom. The van der Waals surface area contributed by atoms with E-state index >= 15 is 0 Å². The van der Waals surface area contributed by atoms with Gasteiger partial charge in [-0.1, -0.05) is 82.7 Å². The van der Waals surface area contributed by atoms with E-state index in [2.05, 4.69) is 88.7 Å². The summed E-state index contributed by atoms with van der Waals surface area (Å²) in [5, 5.41) is 2.61. The molecule has 1 aliphatic rings. The maximum atomic E-state index is 3.64. The summed E-state index contributed by atoms with van der Waals surface area (Å²) >= 11 is 3.64. The van der Waals surface area contributed by atoms with Crippen LogP contribution in [-0.4, -0.2) is 0 Å². The largest absolute Gasteiger partial charge is 0.0720 e. The first-order valence-corrected chi connectivity index (χ1v) is 7.57. The van der Waals surface area contributed by atoms with Crippen LogP contribution in [0.3, 0.4) is 0 Å². The van der Waals surface area contributed by atoms with Crippen LogP contribution < -0.4 is 0 Å². The van der Waals surface area contributed by atoms with Crippen LogP contribution in [-0.2, 0) is 0 Å². The van der Waals surface area contributed by atoms with Gasteiger partial charge in [0.05, 0.1) is 0 Å². The van der Waals surface area contributed by atoms with E-state index in [1.54, 1.807) is 0 Å². The molecule has 0 aromatic heterocycles. The Labute approximate surface area is 126 Å². The van der Waals surface area contributed by atoms with Gasteiger partial charge in [0.2, 0.25) is 0 Å². The summed E-state index contributed by atoms with van der Waals surface area (Å²) < 4.78 is 1.18. The van der Waals surface area contributed by atoms with E-state index in [0.29, 0.717) is 5.92 Å². The SMILES string of the molecule is Brc1cccc2c1C=CC2c1ccc2ccccc2c1. The predicted molar refractivity (Wildman–Crippen MR) is 89.0 cm³/mol. The average Bonchev–Trinajstić information content (AvgIpc) is 2.92. The number of halogens is 1. The molecule has 1 aliphatic carbocycles. The molecule has 0 spiro atoms. The number of fused-ring (bicyclic) bond motifs is 2. The summed E-state index contributed by atoms with van der Waals surface area (Å²) in [6, 6.07) is 21.7. The monoisotopic (exact) mass is 320 g/mol. The fourth-order valence-electron chi connectivity index (χ4n) is 2.99. The number of benzene rings is 3. The molecule has 0 nitrogen and oxygen atoms in total. The highest BCUT2D eigenvalue weighted by Crippen LogP contribution is 2.39. The highest BCUT2D eigenvalue weighted by atomic mass is 79.9. The molecule has 3 aromatic rings. The molecule has 4 rings (SSSR count). The number of hydrogen-bond acceptors (Lipinski definition) is 0. The molecule has 0 amide bonds. The molecule has 0 heterocycles. The van der Waals surface area contributed by atoms with Gasteiger partial charge in [0.25, 0.3) is 0 Å². The van der Waals surface area contributed by atoms with Crippen molar-refractivity contribution in [2.75, 3.05) is 0 Å². The van der Waals surface area contributed by atoms with Crippen molar-refractivity contribution in [2.45, 2.75) is 5.92 Å². The van der Waals surface area contributed by atoms with Gasteiger partial charge in [-0.2, -0.15) is 0 Å². The number of rotatable bonds is 1.